The molecule has 0 aliphatic heterocycles. The van der Waals surface area contributed by atoms with Gasteiger partial charge in [0.05, 0.1) is 12.1 Å². The summed E-state index contributed by atoms with van der Waals surface area (Å²) in [6.07, 6.45) is 0. The molecule has 0 saturated carbocycles. The zero-order valence-electron chi connectivity index (χ0n) is 10.2. The molecule has 0 fully saturated rings. The zero-order valence-corrected chi connectivity index (χ0v) is 11.8. The summed E-state index contributed by atoms with van der Waals surface area (Å²) in [7, 11) is 1.63. The first-order valence-electron chi connectivity index (χ1n) is 5.43. The molecule has 0 saturated heterocycles. The molecule has 1 aromatic rings. The average molecular weight is 317 g/mol. The van der Waals surface area contributed by atoms with Crippen molar-refractivity contribution >= 4 is 27.7 Å². The summed E-state index contributed by atoms with van der Waals surface area (Å²) in [5.41, 5.74) is -0.0931. The number of nitrogens with one attached hydrogen (secondary N) is 1. The Bertz CT molecular complexity index is 445. The van der Waals surface area contributed by atoms with Gasteiger partial charge in [0, 0.05) is 18.1 Å². The lowest BCUT2D eigenvalue weighted by molar-refractivity contribution is -0.128. The van der Waals surface area contributed by atoms with Crippen LogP contribution >= 0.6 is 15.9 Å². The van der Waals surface area contributed by atoms with E-state index in [2.05, 4.69) is 21.2 Å². The van der Waals surface area contributed by atoms with Crippen molar-refractivity contribution in [2.45, 2.75) is 6.92 Å². The molecule has 0 unspecified atom stereocenters. The molecule has 0 spiro atoms. The van der Waals surface area contributed by atoms with Gasteiger partial charge < -0.3 is 10.2 Å². The van der Waals surface area contributed by atoms with Crippen LogP contribution in [0, 0.1) is 5.82 Å². The Hall–Kier alpha value is -1.43. The molecule has 18 heavy (non-hydrogen) atoms. The monoisotopic (exact) mass is 316 g/mol. The maximum atomic E-state index is 13.5. The SMILES string of the molecule is CCN(C)C(=O)CNC(=O)c1c(F)cccc1Br. The van der Waals surface area contributed by atoms with Gasteiger partial charge in [-0.25, -0.2) is 4.39 Å². The first-order chi connectivity index (χ1) is 8.47. The maximum Gasteiger partial charge on any atom is 0.255 e. The quantitative estimate of drug-likeness (QED) is 0.920. The number of halogens is 2. The summed E-state index contributed by atoms with van der Waals surface area (Å²) in [5.74, 6) is -1.46. The molecule has 1 rings (SSSR count). The molecule has 0 aromatic heterocycles. The lowest BCUT2D eigenvalue weighted by atomic mass is 10.2. The number of carbonyl (C=O) groups is 2. The second-order valence-corrected chi connectivity index (χ2v) is 4.54. The average Bonchev–Trinajstić information content (AvgIpc) is 2.34. The first-order valence-corrected chi connectivity index (χ1v) is 6.22. The molecule has 1 N–H and O–H groups in total. The third-order valence-corrected chi connectivity index (χ3v) is 3.15. The van der Waals surface area contributed by atoms with Crippen molar-refractivity contribution in [2.24, 2.45) is 0 Å². The van der Waals surface area contributed by atoms with E-state index >= 15 is 0 Å². The van der Waals surface area contributed by atoms with Crippen molar-refractivity contribution in [3.05, 3.63) is 34.1 Å². The summed E-state index contributed by atoms with van der Waals surface area (Å²) in [6.45, 7) is 2.23. The van der Waals surface area contributed by atoms with E-state index in [1.807, 2.05) is 6.92 Å². The molecule has 1 aromatic carbocycles. The highest BCUT2D eigenvalue weighted by Gasteiger charge is 2.16. The van der Waals surface area contributed by atoms with E-state index in [1.54, 1.807) is 13.1 Å². The smallest absolute Gasteiger partial charge is 0.255 e. The van der Waals surface area contributed by atoms with Crippen LogP contribution in [0.15, 0.2) is 22.7 Å². The van der Waals surface area contributed by atoms with E-state index in [1.165, 1.54) is 17.0 Å². The van der Waals surface area contributed by atoms with Gasteiger partial charge in [0.15, 0.2) is 0 Å². The number of carbonyl (C=O) groups excluding carboxylic acids is 2. The molecule has 0 aliphatic carbocycles. The lowest BCUT2D eigenvalue weighted by Crippen LogP contribution is -2.38. The fourth-order valence-corrected chi connectivity index (χ4v) is 1.79. The fourth-order valence-electron chi connectivity index (χ4n) is 1.27. The predicted molar refractivity (Wildman–Crippen MR) is 69.7 cm³/mol. The van der Waals surface area contributed by atoms with Gasteiger partial charge in [0.1, 0.15) is 5.82 Å². The number of likely N-dealkylation sites (N-methyl/N-ethyl adjacent to an activating group) is 1. The molecule has 98 valence electrons. The number of benzene rings is 1. The summed E-state index contributed by atoms with van der Waals surface area (Å²) in [4.78, 5) is 24.7. The van der Waals surface area contributed by atoms with Gasteiger partial charge in [-0.05, 0) is 35.0 Å². The van der Waals surface area contributed by atoms with Gasteiger partial charge in [0.2, 0.25) is 5.91 Å². The second kappa shape index (κ2) is 6.49. The van der Waals surface area contributed by atoms with Crippen LogP contribution in [-0.2, 0) is 4.79 Å². The molecule has 0 aliphatic rings. The molecule has 4 nitrogen and oxygen atoms in total. The van der Waals surface area contributed by atoms with Crippen LogP contribution in [0.25, 0.3) is 0 Å². The van der Waals surface area contributed by atoms with Crippen molar-refractivity contribution < 1.29 is 14.0 Å². The highest BCUT2D eigenvalue weighted by molar-refractivity contribution is 9.10. The Morgan fingerprint density at radius 1 is 1.44 bits per heavy atom. The molecule has 0 bridgehead atoms. The first kappa shape index (κ1) is 14.6. The van der Waals surface area contributed by atoms with Crippen LogP contribution in [0.4, 0.5) is 4.39 Å². The third kappa shape index (κ3) is 3.53. The molecule has 0 atom stereocenters. The van der Waals surface area contributed by atoms with E-state index in [0.717, 1.165) is 0 Å². The lowest BCUT2D eigenvalue weighted by Gasteiger charge is -2.15. The number of rotatable bonds is 4. The van der Waals surface area contributed by atoms with Gasteiger partial charge in [-0.2, -0.15) is 0 Å². The van der Waals surface area contributed by atoms with Crippen molar-refractivity contribution in [3.8, 4) is 0 Å². The highest BCUT2D eigenvalue weighted by atomic mass is 79.9. The van der Waals surface area contributed by atoms with Crippen molar-refractivity contribution in [1.29, 1.82) is 0 Å². The third-order valence-electron chi connectivity index (χ3n) is 2.49. The minimum Gasteiger partial charge on any atom is -0.345 e. The molecule has 0 heterocycles. The summed E-state index contributed by atoms with van der Waals surface area (Å²) >= 11 is 3.10. The topological polar surface area (TPSA) is 49.4 Å². The summed E-state index contributed by atoms with van der Waals surface area (Å²) in [6, 6.07) is 4.25. The van der Waals surface area contributed by atoms with Gasteiger partial charge in [-0.3, -0.25) is 9.59 Å². The van der Waals surface area contributed by atoms with E-state index in [9.17, 15) is 14.0 Å². The standard InChI is InChI=1S/C12H14BrFN2O2/c1-3-16(2)10(17)7-15-12(18)11-8(13)5-4-6-9(11)14/h4-6H,3,7H2,1-2H3,(H,15,18). The molecule has 6 heteroatoms. The van der Waals surface area contributed by atoms with E-state index < -0.39 is 11.7 Å². The Balaban J connectivity index is 2.70. The number of hydrogen-bond donors (Lipinski definition) is 1. The minimum atomic E-state index is -0.627. The summed E-state index contributed by atoms with van der Waals surface area (Å²) in [5, 5.41) is 2.40. The Labute approximate surface area is 113 Å². The van der Waals surface area contributed by atoms with Gasteiger partial charge >= 0.3 is 0 Å². The van der Waals surface area contributed by atoms with Crippen molar-refractivity contribution in [2.75, 3.05) is 20.1 Å². The van der Waals surface area contributed by atoms with Crippen molar-refractivity contribution in [1.82, 2.24) is 10.2 Å². The highest BCUT2D eigenvalue weighted by Crippen LogP contribution is 2.19. The Kier molecular flexibility index (Phi) is 5.27. The Morgan fingerprint density at radius 2 is 2.11 bits per heavy atom. The fraction of sp³-hybridized carbons (Fsp3) is 0.333. The van der Waals surface area contributed by atoms with Crippen LogP contribution in [0.2, 0.25) is 0 Å². The zero-order chi connectivity index (χ0) is 13.7. The van der Waals surface area contributed by atoms with Gasteiger partial charge in [-0.1, -0.05) is 6.07 Å². The van der Waals surface area contributed by atoms with E-state index in [4.69, 9.17) is 0 Å². The second-order valence-electron chi connectivity index (χ2n) is 3.69. The van der Waals surface area contributed by atoms with Crippen molar-refractivity contribution in [3.63, 3.8) is 0 Å². The predicted octanol–water partition coefficient (Wildman–Crippen LogP) is 1.80. The Morgan fingerprint density at radius 3 is 2.67 bits per heavy atom. The van der Waals surface area contributed by atoms with Crippen LogP contribution in [0.1, 0.15) is 17.3 Å². The normalized spacial score (nSPS) is 10.0. The van der Waals surface area contributed by atoms with Gasteiger partial charge in [0.25, 0.3) is 5.91 Å². The van der Waals surface area contributed by atoms with E-state index in [-0.39, 0.29) is 18.0 Å². The molecule has 0 radical (unpaired) electrons. The number of amides is 2. The van der Waals surface area contributed by atoms with Crippen LogP contribution in [0.3, 0.4) is 0 Å². The number of nitrogens with zero attached hydrogens (tertiary/aromatic N) is 1. The van der Waals surface area contributed by atoms with Crippen LogP contribution < -0.4 is 5.32 Å². The maximum absolute atomic E-state index is 13.5. The largest absolute Gasteiger partial charge is 0.345 e. The molecular formula is C12H14BrFN2O2. The van der Waals surface area contributed by atoms with Gasteiger partial charge in [-0.15, -0.1) is 0 Å². The van der Waals surface area contributed by atoms with Crippen LogP contribution in [-0.4, -0.2) is 36.9 Å². The molecule has 2 amide bonds. The number of hydrogen-bond acceptors (Lipinski definition) is 2. The van der Waals surface area contributed by atoms with Crippen LogP contribution in [0.5, 0.6) is 0 Å². The minimum absolute atomic E-state index is 0.0931. The van der Waals surface area contributed by atoms with E-state index in [0.29, 0.717) is 11.0 Å². The molecular weight excluding hydrogens is 303 g/mol. The summed E-state index contributed by atoms with van der Waals surface area (Å²) < 4.78 is 13.8.